The number of aromatic nitrogens is 1. The number of carbonyl (C=O) groups is 1. The Morgan fingerprint density at radius 2 is 2.28 bits per heavy atom. The van der Waals surface area contributed by atoms with Crippen LogP contribution in [0.2, 0.25) is 0 Å². The number of halogens is 3. The van der Waals surface area contributed by atoms with Crippen molar-refractivity contribution in [3.63, 3.8) is 0 Å². The Balaban J connectivity index is 3.33. The Morgan fingerprint density at radius 3 is 2.72 bits per heavy atom. The van der Waals surface area contributed by atoms with Gasteiger partial charge in [0.15, 0.2) is 3.70 Å². The van der Waals surface area contributed by atoms with E-state index in [1.54, 1.807) is 0 Å². The summed E-state index contributed by atoms with van der Waals surface area (Å²) in [6.07, 6.45) is -3.32. The van der Waals surface area contributed by atoms with Crippen LogP contribution < -0.4 is 0 Å². The molecule has 98 valence electrons. The van der Waals surface area contributed by atoms with Gasteiger partial charge in [0.2, 0.25) is 0 Å². The van der Waals surface area contributed by atoms with Crippen molar-refractivity contribution in [3.05, 3.63) is 31.1 Å². The molecule has 18 heavy (non-hydrogen) atoms. The third-order valence-electron chi connectivity index (χ3n) is 2.02. The summed E-state index contributed by atoms with van der Waals surface area (Å²) in [5.74, 6) is -0.750. The average molecular weight is 372 g/mol. The van der Waals surface area contributed by atoms with Gasteiger partial charge < -0.3 is 4.74 Å². The minimum absolute atomic E-state index is 0.137. The van der Waals surface area contributed by atoms with Crippen LogP contribution in [-0.4, -0.2) is 23.0 Å². The molecule has 9 heteroatoms. The number of nitro groups is 1. The largest absolute Gasteiger partial charge is 0.469 e. The first-order valence-corrected chi connectivity index (χ1v) is 5.63. The maximum atomic E-state index is 12.5. The van der Waals surface area contributed by atoms with Crippen LogP contribution >= 0.6 is 22.6 Å². The number of hydrogen-bond acceptors (Lipinski definition) is 5. The summed E-state index contributed by atoms with van der Waals surface area (Å²) < 4.78 is 29.2. The number of esters is 1. The number of methoxy groups -OCH3 is 1. The molecule has 0 aliphatic carbocycles. The Hall–Kier alpha value is -1.39. The molecule has 0 bridgehead atoms. The van der Waals surface area contributed by atoms with Crippen molar-refractivity contribution >= 4 is 34.2 Å². The molecule has 1 aromatic rings. The summed E-state index contributed by atoms with van der Waals surface area (Å²) in [6.45, 7) is 0. The first kappa shape index (κ1) is 14.7. The van der Waals surface area contributed by atoms with Crippen molar-refractivity contribution in [2.45, 2.75) is 12.8 Å². The number of alkyl halides is 2. The molecule has 1 rings (SSSR count). The van der Waals surface area contributed by atoms with E-state index in [0.717, 1.165) is 13.2 Å². The van der Waals surface area contributed by atoms with E-state index in [9.17, 15) is 23.7 Å². The third-order valence-corrected chi connectivity index (χ3v) is 2.77. The van der Waals surface area contributed by atoms with Gasteiger partial charge in [-0.05, 0) is 28.7 Å². The summed E-state index contributed by atoms with van der Waals surface area (Å²) in [5, 5.41) is 10.8. The monoisotopic (exact) mass is 372 g/mol. The molecule has 0 aliphatic heterocycles. The molecule has 0 aromatic carbocycles. The minimum Gasteiger partial charge on any atom is -0.469 e. The second-order valence-corrected chi connectivity index (χ2v) is 4.18. The van der Waals surface area contributed by atoms with Crippen molar-refractivity contribution in [2.24, 2.45) is 0 Å². The smallest absolute Gasteiger partial charge is 0.310 e. The number of pyridine rings is 1. The quantitative estimate of drug-likeness (QED) is 0.266. The Morgan fingerprint density at radius 1 is 1.67 bits per heavy atom. The van der Waals surface area contributed by atoms with E-state index in [-0.39, 0.29) is 9.26 Å². The van der Waals surface area contributed by atoms with Gasteiger partial charge in [0.25, 0.3) is 6.43 Å². The molecule has 0 saturated carbocycles. The highest BCUT2D eigenvalue weighted by molar-refractivity contribution is 14.1. The van der Waals surface area contributed by atoms with Gasteiger partial charge in [-0.3, -0.25) is 14.9 Å². The lowest BCUT2D eigenvalue weighted by Crippen LogP contribution is -2.10. The van der Waals surface area contributed by atoms with Crippen LogP contribution in [0.5, 0.6) is 0 Å². The summed E-state index contributed by atoms with van der Waals surface area (Å²) in [5.41, 5.74) is -1.20. The van der Waals surface area contributed by atoms with Crippen LogP contribution in [0.15, 0.2) is 6.07 Å². The first-order valence-electron chi connectivity index (χ1n) is 4.55. The minimum atomic E-state index is -2.87. The predicted molar refractivity (Wildman–Crippen MR) is 64.3 cm³/mol. The maximum absolute atomic E-state index is 12.5. The number of ether oxygens (including phenoxy) is 1. The average Bonchev–Trinajstić information content (AvgIpc) is 2.27. The molecule has 0 spiro atoms. The zero-order valence-corrected chi connectivity index (χ0v) is 11.2. The number of nitrogens with zero attached hydrogens (tertiary/aromatic N) is 2. The molecule has 6 nitrogen and oxygen atoms in total. The lowest BCUT2D eigenvalue weighted by molar-refractivity contribution is -0.386. The van der Waals surface area contributed by atoms with Gasteiger partial charge in [-0.25, -0.2) is 13.8 Å². The molecule has 1 aromatic heterocycles. The summed E-state index contributed by atoms with van der Waals surface area (Å²) in [7, 11) is 1.11. The van der Waals surface area contributed by atoms with Crippen molar-refractivity contribution in [2.75, 3.05) is 7.11 Å². The number of rotatable bonds is 4. The van der Waals surface area contributed by atoms with Crippen LogP contribution in [0.3, 0.4) is 0 Å². The highest BCUT2D eigenvalue weighted by Crippen LogP contribution is 2.29. The zero-order valence-electron chi connectivity index (χ0n) is 9.02. The molecule has 0 atom stereocenters. The molecular formula is C9H7F2IN2O4. The van der Waals surface area contributed by atoms with E-state index in [0.29, 0.717) is 0 Å². The predicted octanol–water partition coefficient (Wildman–Crippen LogP) is 2.25. The molecule has 1 heterocycles. The zero-order chi connectivity index (χ0) is 13.9. The fourth-order valence-corrected chi connectivity index (χ4v) is 2.07. The maximum Gasteiger partial charge on any atom is 0.310 e. The molecular weight excluding hydrogens is 365 g/mol. The topological polar surface area (TPSA) is 82.3 Å². The van der Waals surface area contributed by atoms with Crippen molar-refractivity contribution in [3.8, 4) is 0 Å². The summed E-state index contributed by atoms with van der Waals surface area (Å²) in [6, 6.07) is 0.849. The van der Waals surface area contributed by atoms with Gasteiger partial charge in [0.1, 0.15) is 5.69 Å². The molecule has 0 saturated heterocycles. The lowest BCUT2D eigenvalue weighted by atomic mass is 10.1. The van der Waals surface area contributed by atoms with Crippen LogP contribution in [-0.2, 0) is 16.0 Å². The van der Waals surface area contributed by atoms with E-state index in [4.69, 9.17) is 0 Å². The summed E-state index contributed by atoms with van der Waals surface area (Å²) in [4.78, 5) is 24.6. The van der Waals surface area contributed by atoms with Gasteiger partial charge in [0.05, 0.1) is 18.5 Å². The lowest BCUT2D eigenvalue weighted by Gasteiger charge is -2.06. The molecule has 0 fully saturated rings. The van der Waals surface area contributed by atoms with E-state index < -0.39 is 35.1 Å². The standard InChI is InChI=1S/C9H7F2IN2O4/c1-18-6(15)3-4-2-5(8(10)11)13-9(12)7(4)14(16)17/h2,8H,3H2,1H3. The van der Waals surface area contributed by atoms with Crippen LogP contribution in [0.25, 0.3) is 0 Å². The van der Waals surface area contributed by atoms with Gasteiger partial charge in [0, 0.05) is 5.56 Å². The van der Waals surface area contributed by atoms with Crippen LogP contribution in [0, 0.1) is 13.8 Å². The van der Waals surface area contributed by atoms with E-state index >= 15 is 0 Å². The van der Waals surface area contributed by atoms with Crippen molar-refractivity contribution in [1.82, 2.24) is 4.98 Å². The van der Waals surface area contributed by atoms with E-state index in [2.05, 4.69) is 9.72 Å². The van der Waals surface area contributed by atoms with Crippen LogP contribution in [0.1, 0.15) is 17.7 Å². The molecule has 0 unspecified atom stereocenters. The fourth-order valence-electron chi connectivity index (χ4n) is 1.24. The fraction of sp³-hybridized carbons (Fsp3) is 0.333. The van der Waals surface area contributed by atoms with Gasteiger partial charge in [-0.15, -0.1) is 0 Å². The van der Waals surface area contributed by atoms with Crippen molar-refractivity contribution in [1.29, 1.82) is 0 Å². The van der Waals surface area contributed by atoms with E-state index in [1.807, 2.05) is 0 Å². The Kier molecular flexibility index (Phi) is 4.87. The molecule has 0 amide bonds. The number of carbonyl (C=O) groups excluding carboxylic acids is 1. The number of hydrogen-bond donors (Lipinski definition) is 0. The van der Waals surface area contributed by atoms with Gasteiger partial charge in [-0.1, -0.05) is 0 Å². The van der Waals surface area contributed by atoms with Crippen molar-refractivity contribution < 1.29 is 23.2 Å². The second kappa shape index (κ2) is 5.98. The van der Waals surface area contributed by atoms with Crippen LogP contribution in [0.4, 0.5) is 14.5 Å². The first-order chi connectivity index (χ1) is 8.36. The van der Waals surface area contributed by atoms with E-state index in [1.165, 1.54) is 22.6 Å². The molecule has 0 N–H and O–H groups in total. The summed E-state index contributed by atoms with van der Waals surface area (Å²) >= 11 is 1.48. The Bertz CT molecular complexity index is 496. The normalized spacial score (nSPS) is 10.5. The van der Waals surface area contributed by atoms with Gasteiger partial charge >= 0.3 is 11.7 Å². The SMILES string of the molecule is COC(=O)Cc1cc(C(F)F)nc(I)c1[N+](=O)[O-]. The molecule has 0 aliphatic rings. The Labute approximate surface area is 114 Å². The second-order valence-electron chi connectivity index (χ2n) is 3.16. The highest BCUT2D eigenvalue weighted by Gasteiger charge is 2.25. The van der Waals surface area contributed by atoms with Gasteiger partial charge in [-0.2, -0.15) is 0 Å². The molecule has 0 radical (unpaired) electrons. The third kappa shape index (κ3) is 3.31. The highest BCUT2D eigenvalue weighted by atomic mass is 127.